The molecule has 0 amide bonds. The second kappa shape index (κ2) is 5.48. The predicted octanol–water partition coefficient (Wildman–Crippen LogP) is 3.59. The van der Waals surface area contributed by atoms with Gasteiger partial charge in [-0.05, 0) is 12.1 Å². The summed E-state index contributed by atoms with van der Waals surface area (Å²) in [5.41, 5.74) is 9.21. The topological polar surface area (TPSA) is 63.3 Å². The molecule has 4 nitrogen and oxygen atoms in total. The quantitative estimate of drug-likeness (QED) is 0.667. The molecule has 0 radical (unpaired) electrons. The monoisotopic (exact) mass is 330 g/mol. The zero-order valence-electron chi connectivity index (χ0n) is 8.52. The summed E-state index contributed by atoms with van der Waals surface area (Å²) in [5.74, 6) is 0.486. The van der Waals surface area contributed by atoms with Crippen LogP contribution in [0.15, 0.2) is 33.2 Å². The normalized spacial score (nSPS) is 10.9. The van der Waals surface area contributed by atoms with Crippen LogP contribution in [0.5, 0.6) is 0 Å². The Morgan fingerprint density at radius 3 is 3.00 bits per heavy atom. The number of nitrogens with two attached hydrogens (primary N) is 1. The molecular formula is C10H8BrClN4S. The number of anilines is 2. The molecule has 0 saturated carbocycles. The van der Waals surface area contributed by atoms with Crippen molar-refractivity contribution in [3.8, 4) is 0 Å². The fourth-order valence-electron chi connectivity index (χ4n) is 1.10. The van der Waals surface area contributed by atoms with Crippen molar-refractivity contribution in [3.63, 3.8) is 0 Å². The van der Waals surface area contributed by atoms with E-state index in [9.17, 15) is 0 Å². The summed E-state index contributed by atoms with van der Waals surface area (Å²) in [6.45, 7) is 0. The van der Waals surface area contributed by atoms with Gasteiger partial charge < -0.3 is 5.73 Å². The molecule has 1 aromatic heterocycles. The van der Waals surface area contributed by atoms with Crippen LogP contribution in [0.1, 0.15) is 5.56 Å². The Balaban J connectivity index is 2.05. The zero-order chi connectivity index (χ0) is 12.3. The van der Waals surface area contributed by atoms with Crippen LogP contribution in [0, 0.1) is 0 Å². The lowest BCUT2D eigenvalue weighted by Gasteiger charge is -1.98. The van der Waals surface area contributed by atoms with Crippen molar-refractivity contribution < 1.29 is 0 Å². The van der Waals surface area contributed by atoms with E-state index in [0.717, 1.165) is 10.0 Å². The zero-order valence-corrected chi connectivity index (χ0v) is 11.7. The van der Waals surface area contributed by atoms with Gasteiger partial charge in [0.15, 0.2) is 0 Å². The molecule has 0 aliphatic carbocycles. The van der Waals surface area contributed by atoms with Crippen molar-refractivity contribution >= 4 is 56.0 Å². The van der Waals surface area contributed by atoms with Gasteiger partial charge in [-0.2, -0.15) is 5.10 Å². The number of rotatable bonds is 3. The highest BCUT2D eigenvalue weighted by Gasteiger charge is 1.98. The Morgan fingerprint density at radius 1 is 1.53 bits per heavy atom. The van der Waals surface area contributed by atoms with Crippen LogP contribution in [0.3, 0.4) is 0 Å². The highest BCUT2D eigenvalue weighted by atomic mass is 79.9. The van der Waals surface area contributed by atoms with E-state index in [-0.39, 0.29) is 0 Å². The van der Waals surface area contributed by atoms with E-state index in [0.29, 0.717) is 16.0 Å². The van der Waals surface area contributed by atoms with E-state index in [1.54, 1.807) is 17.7 Å². The van der Waals surface area contributed by atoms with Crippen LogP contribution in [-0.2, 0) is 0 Å². The molecule has 0 aliphatic heterocycles. The van der Waals surface area contributed by atoms with Crippen LogP contribution in [0.2, 0.25) is 5.02 Å². The molecule has 0 bridgehead atoms. The van der Waals surface area contributed by atoms with Gasteiger partial charge in [0.2, 0.25) is 5.13 Å². The largest absolute Gasteiger partial charge is 0.383 e. The number of thiazole rings is 1. The van der Waals surface area contributed by atoms with Crippen LogP contribution in [-0.4, -0.2) is 11.2 Å². The number of nitrogen functional groups attached to an aromatic ring is 1. The fourth-order valence-corrected chi connectivity index (χ4v) is 2.43. The van der Waals surface area contributed by atoms with E-state index < -0.39 is 0 Å². The van der Waals surface area contributed by atoms with Crippen LogP contribution in [0.25, 0.3) is 0 Å². The minimum atomic E-state index is 0.486. The van der Waals surface area contributed by atoms with Crippen molar-refractivity contribution in [1.29, 1.82) is 0 Å². The smallest absolute Gasteiger partial charge is 0.205 e. The molecule has 3 N–H and O–H groups in total. The summed E-state index contributed by atoms with van der Waals surface area (Å²) in [6, 6.07) is 5.48. The Hall–Kier alpha value is -1.11. The fraction of sp³-hybridized carbons (Fsp3) is 0. The lowest BCUT2D eigenvalue weighted by molar-refractivity contribution is 1.29. The Morgan fingerprint density at radius 2 is 2.35 bits per heavy atom. The Kier molecular flexibility index (Phi) is 3.98. The van der Waals surface area contributed by atoms with Crippen molar-refractivity contribution in [2.24, 2.45) is 5.10 Å². The number of hydrazone groups is 1. The minimum Gasteiger partial charge on any atom is -0.383 e. The molecule has 0 aliphatic rings. The van der Waals surface area contributed by atoms with Crippen LogP contribution >= 0.6 is 38.9 Å². The predicted molar refractivity (Wildman–Crippen MR) is 76.9 cm³/mol. The third kappa shape index (κ3) is 3.42. The molecule has 0 saturated heterocycles. The number of hydrogen-bond donors (Lipinski definition) is 2. The van der Waals surface area contributed by atoms with Gasteiger partial charge in [0.05, 0.1) is 6.21 Å². The first kappa shape index (κ1) is 12.3. The first-order valence-electron chi connectivity index (χ1n) is 4.60. The van der Waals surface area contributed by atoms with Crippen LogP contribution in [0.4, 0.5) is 10.9 Å². The molecule has 17 heavy (non-hydrogen) atoms. The SMILES string of the molecule is Nc1csc(NN=Cc2ccc(Cl)cc2Br)n1. The highest BCUT2D eigenvalue weighted by Crippen LogP contribution is 2.20. The number of halogens is 2. The van der Waals surface area contributed by atoms with Gasteiger partial charge in [-0.1, -0.05) is 33.6 Å². The maximum atomic E-state index is 5.84. The second-order valence-electron chi connectivity index (χ2n) is 3.11. The van der Waals surface area contributed by atoms with Crippen LogP contribution < -0.4 is 11.2 Å². The molecule has 88 valence electrons. The van der Waals surface area contributed by atoms with Gasteiger partial charge in [-0.25, -0.2) is 4.98 Å². The molecule has 1 heterocycles. The third-order valence-electron chi connectivity index (χ3n) is 1.85. The summed E-state index contributed by atoms with van der Waals surface area (Å²) < 4.78 is 0.884. The molecule has 7 heteroatoms. The summed E-state index contributed by atoms with van der Waals surface area (Å²) in [5, 5.41) is 7.14. The number of nitrogens with zero attached hydrogens (tertiary/aromatic N) is 2. The lowest BCUT2D eigenvalue weighted by Crippen LogP contribution is -1.91. The third-order valence-corrected chi connectivity index (χ3v) is 3.54. The van der Waals surface area contributed by atoms with E-state index in [4.69, 9.17) is 17.3 Å². The van der Waals surface area contributed by atoms with E-state index in [1.165, 1.54) is 11.3 Å². The van der Waals surface area contributed by atoms with Crippen molar-refractivity contribution in [1.82, 2.24) is 4.98 Å². The summed E-state index contributed by atoms with van der Waals surface area (Å²) in [4.78, 5) is 4.02. The number of nitrogens with one attached hydrogen (secondary N) is 1. The van der Waals surface area contributed by atoms with Gasteiger partial charge >= 0.3 is 0 Å². The highest BCUT2D eigenvalue weighted by molar-refractivity contribution is 9.10. The number of hydrogen-bond acceptors (Lipinski definition) is 5. The summed E-state index contributed by atoms with van der Waals surface area (Å²) in [6.07, 6.45) is 1.68. The van der Waals surface area contributed by atoms with E-state index >= 15 is 0 Å². The summed E-state index contributed by atoms with van der Waals surface area (Å²) in [7, 11) is 0. The maximum Gasteiger partial charge on any atom is 0.205 e. The van der Waals surface area contributed by atoms with Gasteiger partial charge in [0, 0.05) is 20.4 Å². The molecule has 0 spiro atoms. The number of aromatic nitrogens is 1. The molecular weight excluding hydrogens is 324 g/mol. The first-order chi connectivity index (χ1) is 8.15. The molecule has 0 atom stereocenters. The number of benzene rings is 1. The van der Waals surface area contributed by atoms with E-state index in [2.05, 4.69) is 31.4 Å². The van der Waals surface area contributed by atoms with Crippen molar-refractivity contribution in [3.05, 3.63) is 38.6 Å². The molecule has 2 rings (SSSR count). The second-order valence-corrected chi connectivity index (χ2v) is 5.26. The average Bonchev–Trinajstić information content (AvgIpc) is 2.68. The Labute approximate surface area is 116 Å². The van der Waals surface area contributed by atoms with E-state index in [1.807, 2.05) is 12.1 Å². The van der Waals surface area contributed by atoms with Gasteiger partial charge in [-0.3, -0.25) is 5.43 Å². The lowest BCUT2D eigenvalue weighted by atomic mass is 10.2. The van der Waals surface area contributed by atoms with Gasteiger partial charge in [0.1, 0.15) is 5.82 Å². The van der Waals surface area contributed by atoms with Crippen molar-refractivity contribution in [2.75, 3.05) is 11.2 Å². The van der Waals surface area contributed by atoms with Gasteiger partial charge in [-0.15, -0.1) is 11.3 Å². The summed E-state index contributed by atoms with van der Waals surface area (Å²) >= 11 is 10.6. The minimum absolute atomic E-state index is 0.486. The Bertz CT molecular complexity index is 555. The van der Waals surface area contributed by atoms with Crippen molar-refractivity contribution in [2.45, 2.75) is 0 Å². The molecule has 0 fully saturated rings. The van der Waals surface area contributed by atoms with Gasteiger partial charge in [0.25, 0.3) is 0 Å². The first-order valence-corrected chi connectivity index (χ1v) is 6.65. The molecule has 0 unspecified atom stereocenters. The maximum absolute atomic E-state index is 5.84. The standard InChI is InChI=1S/C10H8BrClN4S/c11-8-3-7(12)2-1-6(8)4-14-16-10-15-9(13)5-17-10/h1-5H,13H2,(H,15,16). The average molecular weight is 332 g/mol. The molecule has 1 aromatic carbocycles. The molecule has 2 aromatic rings.